The van der Waals surface area contributed by atoms with Gasteiger partial charge in [-0.1, -0.05) is 52.3 Å². The molecule has 164 valence electrons. The Morgan fingerprint density at radius 1 is 0.906 bits per heavy atom. The number of para-hydroxylation sites is 1. The van der Waals surface area contributed by atoms with E-state index in [0.717, 1.165) is 4.31 Å². The third-order valence-corrected chi connectivity index (χ3v) is 6.90. The van der Waals surface area contributed by atoms with E-state index in [4.69, 9.17) is 8.60 Å². The van der Waals surface area contributed by atoms with Crippen molar-refractivity contribution in [3.8, 4) is 5.75 Å². The van der Waals surface area contributed by atoms with Gasteiger partial charge in [-0.05, 0) is 42.5 Å². The van der Waals surface area contributed by atoms with Crippen LogP contribution in [0.5, 0.6) is 5.75 Å². The van der Waals surface area contributed by atoms with Crippen LogP contribution in [0.1, 0.15) is 0 Å². The number of rotatable bonds is 6. The fourth-order valence-electron chi connectivity index (χ4n) is 3.00. The number of benzene rings is 3. The van der Waals surface area contributed by atoms with Crippen LogP contribution in [0.3, 0.4) is 0 Å². The van der Waals surface area contributed by atoms with Crippen molar-refractivity contribution in [2.45, 2.75) is 4.90 Å². The summed E-state index contributed by atoms with van der Waals surface area (Å²) in [6, 6.07) is 19.6. The average molecular weight is 536 g/mol. The first-order valence-corrected chi connectivity index (χ1v) is 12.4. The van der Waals surface area contributed by atoms with Crippen LogP contribution in [0.25, 0.3) is 11.0 Å². The van der Waals surface area contributed by atoms with Gasteiger partial charge in [0, 0.05) is 9.86 Å². The normalized spacial score (nSPS) is 11.6. The van der Waals surface area contributed by atoms with Crippen LogP contribution in [-0.2, 0) is 21.0 Å². The zero-order chi connectivity index (χ0) is 22.9. The summed E-state index contributed by atoms with van der Waals surface area (Å²) in [5, 5.41) is 0.275. The molecule has 0 radical (unpaired) electrons. The first-order valence-electron chi connectivity index (χ1n) is 9.03. The molecule has 0 saturated heterocycles. The van der Waals surface area contributed by atoms with Crippen molar-refractivity contribution in [3.63, 3.8) is 0 Å². The molecule has 0 spiro atoms. The summed E-state index contributed by atoms with van der Waals surface area (Å²) in [6.07, 6.45) is 0. The van der Waals surface area contributed by atoms with Gasteiger partial charge in [0.1, 0.15) is 10.6 Å². The van der Waals surface area contributed by atoms with E-state index in [0.29, 0.717) is 4.47 Å². The molecule has 0 unspecified atom stereocenters. The number of anilines is 2. The summed E-state index contributed by atoms with van der Waals surface area (Å²) >= 11 is 3.27. The van der Waals surface area contributed by atoms with E-state index in [-0.39, 0.29) is 33.0 Å². The molecule has 0 amide bonds. The molecule has 1 aromatic heterocycles. The highest BCUT2D eigenvalue weighted by atomic mass is 79.9. The van der Waals surface area contributed by atoms with Crippen LogP contribution in [0.4, 0.5) is 11.4 Å². The maximum Gasteiger partial charge on any atom is 0.361 e. The lowest BCUT2D eigenvalue weighted by Gasteiger charge is -2.17. The third-order valence-electron chi connectivity index (χ3n) is 4.38. The number of thiol groups is 1. The van der Waals surface area contributed by atoms with Crippen LogP contribution >= 0.6 is 15.9 Å². The SMILES string of the molecule is O=c1oc2c(OS(=O)(=O)c3ccccc3)cccc2cc1N(c1cccc(Br)c1)[SH](=O)=O. The van der Waals surface area contributed by atoms with E-state index in [1.54, 1.807) is 36.4 Å². The summed E-state index contributed by atoms with van der Waals surface area (Å²) in [6.45, 7) is 0. The Morgan fingerprint density at radius 3 is 2.31 bits per heavy atom. The Morgan fingerprint density at radius 2 is 1.62 bits per heavy atom. The second-order valence-corrected chi connectivity index (χ2v) is 9.81. The number of fused-ring (bicyclic) bond motifs is 1. The molecule has 8 nitrogen and oxygen atoms in total. The summed E-state index contributed by atoms with van der Waals surface area (Å²) in [4.78, 5) is 12.7. The monoisotopic (exact) mass is 535 g/mol. The summed E-state index contributed by atoms with van der Waals surface area (Å²) in [5.41, 5.74) is -1.14. The van der Waals surface area contributed by atoms with Crippen LogP contribution < -0.4 is 14.1 Å². The quantitative estimate of drug-likeness (QED) is 0.225. The highest BCUT2D eigenvalue weighted by molar-refractivity contribution is 9.10. The number of halogens is 1. The van der Waals surface area contributed by atoms with E-state index in [1.807, 2.05) is 0 Å². The van der Waals surface area contributed by atoms with E-state index in [1.165, 1.54) is 42.5 Å². The second-order valence-electron chi connectivity index (χ2n) is 6.47. The van der Waals surface area contributed by atoms with E-state index in [9.17, 15) is 21.6 Å². The summed E-state index contributed by atoms with van der Waals surface area (Å²) < 4.78 is 61.1. The van der Waals surface area contributed by atoms with Gasteiger partial charge in [-0.15, -0.1) is 0 Å². The molecule has 0 aliphatic heterocycles. The van der Waals surface area contributed by atoms with Crippen LogP contribution in [0, 0.1) is 0 Å². The van der Waals surface area contributed by atoms with E-state index in [2.05, 4.69) is 15.9 Å². The molecule has 0 bridgehead atoms. The molecule has 0 fully saturated rings. The largest absolute Gasteiger partial charge is 0.417 e. The Balaban J connectivity index is 1.83. The lowest BCUT2D eigenvalue weighted by Crippen LogP contribution is -2.21. The topological polar surface area (TPSA) is 111 Å². The zero-order valence-electron chi connectivity index (χ0n) is 16.0. The minimum absolute atomic E-state index is 0.0693. The van der Waals surface area contributed by atoms with Gasteiger partial charge in [0.2, 0.25) is 10.9 Å². The van der Waals surface area contributed by atoms with E-state index >= 15 is 0 Å². The molecule has 32 heavy (non-hydrogen) atoms. The molecule has 4 aromatic rings. The molecular weight excluding hydrogens is 522 g/mol. The molecule has 0 N–H and O–H groups in total. The highest BCUT2D eigenvalue weighted by Crippen LogP contribution is 2.32. The lowest BCUT2D eigenvalue weighted by molar-refractivity contribution is 0.475. The molecule has 4 rings (SSSR count). The third kappa shape index (κ3) is 4.40. The van der Waals surface area contributed by atoms with Crippen molar-refractivity contribution in [3.05, 3.63) is 93.8 Å². The van der Waals surface area contributed by atoms with Gasteiger partial charge in [0.15, 0.2) is 11.3 Å². The fraction of sp³-hybridized carbons (Fsp3) is 0. The zero-order valence-corrected chi connectivity index (χ0v) is 19.3. The van der Waals surface area contributed by atoms with Crippen LogP contribution in [0.15, 0.2) is 97.4 Å². The predicted octanol–water partition coefficient (Wildman–Crippen LogP) is 3.99. The maximum atomic E-state index is 12.7. The molecular formula is C21H14BrNO7S2. The van der Waals surface area contributed by atoms with Gasteiger partial charge in [0.05, 0.1) is 5.69 Å². The molecule has 3 aromatic carbocycles. The highest BCUT2D eigenvalue weighted by Gasteiger charge is 2.22. The Hall–Kier alpha value is -3.15. The molecule has 1 heterocycles. The molecule has 0 atom stereocenters. The van der Waals surface area contributed by atoms with Crippen molar-refractivity contribution in [1.82, 2.24) is 0 Å². The number of nitrogens with zero attached hydrogens (tertiary/aromatic N) is 1. The Labute approximate surface area is 193 Å². The van der Waals surface area contributed by atoms with Crippen molar-refractivity contribution in [2.24, 2.45) is 0 Å². The summed E-state index contributed by atoms with van der Waals surface area (Å²) in [5.74, 6) is -0.199. The second kappa shape index (κ2) is 8.77. The van der Waals surface area contributed by atoms with Crippen molar-refractivity contribution >= 4 is 59.3 Å². The minimum atomic E-state index is -4.18. The van der Waals surface area contributed by atoms with Crippen molar-refractivity contribution < 1.29 is 25.4 Å². The van der Waals surface area contributed by atoms with E-state index < -0.39 is 26.6 Å². The molecule has 11 heteroatoms. The van der Waals surface area contributed by atoms with Gasteiger partial charge in [-0.25, -0.2) is 17.5 Å². The molecule has 0 saturated carbocycles. The van der Waals surface area contributed by atoms with Crippen LogP contribution in [-0.4, -0.2) is 16.8 Å². The Bertz CT molecular complexity index is 1540. The Kier molecular flexibility index (Phi) is 6.04. The van der Waals surface area contributed by atoms with Gasteiger partial charge in [-0.2, -0.15) is 8.42 Å². The van der Waals surface area contributed by atoms with Gasteiger partial charge < -0.3 is 8.60 Å². The smallest absolute Gasteiger partial charge is 0.361 e. The molecule has 0 aliphatic carbocycles. The van der Waals surface area contributed by atoms with Gasteiger partial charge in [-0.3, -0.25) is 0 Å². The van der Waals surface area contributed by atoms with Crippen molar-refractivity contribution in [2.75, 3.05) is 4.31 Å². The maximum absolute atomic E-state index is 12.7. The predicted molar refractivity (Wildman–Crippen MR) is 123 cm³/mol. The van der Waals surface area contributed by atoms with Crippen LogP contribution in [0.2, 0.25) is 0 Å². The first kappa shape index (κ1) is 22.1. The average Bonchev–Trinajstić information content (AvgIpc) is 2.75. The number of hydrogen-bond acceptors (Lipinski definition) is 7. The van der Waals surface area contributed by atoms with Crippen molar-refractivity contribution in [1.29, 1.82) is 0 Å². The number of hydrogen-bond donors (Lipinski definition) is 1. The molecule has 0 aliphatic rings. The summed E-state index contributed by atoms with van der Waals surface area (Å²) in [7, 11) is -7.41. The first-order chi connectivity index (χ1) is 15.3. The van der Waals surface area contributed by atoms with Gasteiger partial charge in [0.25, 0.3) is 0 Å². The lowest BCUT2D eigenvalue weighted by atomic mass is 10.2. The minimum Gasteiger partial charge on any atom is -0.417 e. The van der Waals surface area contributed by atoms with Gasteiger partial charge >= 0.3 is 15.7 Å². The standard InChI is InChI=1S/C21H14BrNO7S2/c22-15-7-5-8-16(13-15)23(31(25)26)18-12-14-6-4-11-19(20(14)29-21(18)24)30-32(27,28)17-9-2-1-3-10-17/h1-13,31H. The fourth-order valence-corrected chi connectivity index (χ4v) is 4.97.